The number of benzene rings is 1. The lowest BCUT2D eigenvalue weighted by Crippen LogP contribution is -2.49. The van der Waals surface area contributed by atoms with E-state index in [1.807, 2.05) is 25.1 Å². The van der Waals surface area contributed by atoms with Crippen LogP contribution in [-0.2, 0) is 17.9 Å². The van der Waals surface area contributed by atoms with E-state index < -0.39 is 0 Å². The van der Waals surface area contributed by atoms with E-state index >= 15 is 0 Å². The van der Waals surface area contributed by atoms with Crippen LogP contribution < -0.4 is 16.0 Å². The number of guanidine groups is 1. The van der Waals surface area contributed by atoms with Crippen LogP contribution in [0, 0.1) is 0 Å². The molecule has 1 saturated heterocycles. The van der Waals surface area contributed by atoms with Crippen LogP contribution in [0.25, 0.3) is 0 Å². The van der Waals surface area contributed by atoms with E-state index in [9.17, 15) is 9.59 Å². The van der Waals surface area contributed by atoms with E-state index in [-0.39, 0.29) is 42.3 Å². The van der Waals surface area contributed by atoms with Gasteiger partial charge in [-0.05, 0) is 36.1 Å². The Balaban J connectivity index is 0.00000300. The quantitative estimate of drug-likeness (QED) is 0.306. The van der Waals surface area contributed by atoms with Gasteiger partial charge in [0.25, 0.3) is 5.91 Å². The predicted octanol–water partition coefficient (Wildman–Crippen LogP) is 2.19. The first kappa shape index (κ1) is 23.1. The summed E-state index contributed by atoms with van der Waals surface area (Å²) in [5.74, 6) is 0.530. The van der Waals surface area contributed by atoms with Gasteiger partial charge in [-0.1, -0.05) is 18.2 Å². The van der Waals surface area contributed by atoms with Crippen molar-refractivity contribution in [1.82, 2.24) is 20.9 Å². The van der Waals surface area contributed by atoms with Gasteiger partial charge in [0.1, 0.15) is 0 Å². The highest BCUT2D eigenvalue weighted by atomic mass is 127. The molecule has 0 spiro atoms. The van der Waals surface area contributed by atoms with Crippen molar-refractivity contribution < 1.29 is 9.59 Å². The van der Waals surface area contributed by atoms with Gasteiger partial charge < -0.3 is 20.9 Å². The topological polar surface area (TPSA) is 85.8 Å². The van der Waals surface area contributed by atoms with Gasteiger partial charge in [0.2, 0.25) is 5.91 Å². The molecule has 0 unspecified atom stereocenters. The number of nitrogens with one attached hydrogen (secondary N) is 3. The van der Waals surface area contributed by atoms with Crippen molar-refractivity contribution in [2.24, 2.45) is 4.99 Å². The number of halogens is 1. The van der Waals surface area contributed by atoms with Crippen LogP contribution in [0.3, 0.4) is 0 Å². The molecule has 0 saturated carbocycles. The Hall–Kier alpha value is -2.14. The highest BCUT2D eigenvalue weighted by Crippen LogP contribution is 2.10. The average Bonchev–Trinajstić information content (AvgIpc) is 3.23. The minimum Gasteiger partial charge on any atom is -0.357 e. The number of rotatable bonds is 6. The van der Waals surface area contributed by atoms with Gasteiger partial charge in [-0.2, -0.15) is 0 Å². The van der Waals surface area contributed by atoms with Crippen LogP contribution in [-0.4, -0.2) is 48.9 Å². The van der Waals surface area contributed by atoms with Gasteiger partial charge >= 0.3 is 0 Å². The van der Waals surface area contributed by atoms with Crippen molar-refractivity contribution in [3.05, 3.63) is 57.8 Å². The molecule has 1 fully saturated rings. The summed E-state index contributed by atoms with van der Waals surface area (Å²) in [7, 11) is 0. The Morgan fingerprint density at radius 2 is 2.03 bits per heavy atom. The molecule has 7 nitrogen and oxygen atoms in total. The fourth-order valence-corrected chi connectivity index (χ4v) is 3.49. The molecule has 1 aliphatic heterocycles. The molecule has 3 N–H and O–H groups in total. The summed E-state index contributed by atoms with van der Waals surface area (Å²) in [5.41, 5.74) is 1.60. The van der Waals surface area contributed by atoms with Crippen molar-refractivity contribution in [2.45, 2.75) is 20.0 Å². The summed E-state index contributed by atoms with van der Waals surface area (Å²) in [6, 6.07) is 11.5. The van der Waals surface area contributed by atoms with Crippen LogP contribution in [0.2, 0.25) is 0 Å². The second-order valence-corrected chi connectivity index (χ2v) is 7.43. The zero-order valence-electron chi connectivity index (χ0n) is 16.3. The number of hydrogen-bond donors (Lipinski definition) is 3. The van der Waals surface area contributed by atoms with Gasteiger partial charge in [-0.15, -0.1) is 35.3 Å². The Morgan fingerprint density at radius 1 is 1.24 bits per heavy atom. The zero-order valence-corrected chi connectivity index (χ0v) is 19.5. The van der Waals surface area contributed by atoms with E-state index in [1.165, 1.54) is 4.88 Å². The molecule has 2 aromatic rings. The molecule has 0 radical (unpaired) electrons. The summed E-state index contributed by atoms with van der Waals surface area (Å²) in [4.78, 5) is 31.4. The molecule has 3 rings (SSSR count). The summed E-state index contributed by atoms with van der Waals surface area (Å²) in [6.07, 6.45) is 0. The van der Waals surface area contributed by atoms with Gasteiger partial charge in [-0.25, -0.2) is 4.99 Å². The standard InChI is InChI=1S/C20H25N5O2S.HI/c1-2-21-20(24-13-17-4-3-11-28-17)23-12-15-5-7-16(8-6-15)19(27)25-10-9-22-18(26)14-25;/h3-8,11H,2,9-10,12-14H2,1H3,(H,22,26)(H2,21,23,24);1H. The summed E-state index contributed by atoms with van der Waals surface area (Å²) >= 11 is 1.71. The number of thiophene rings is 1. The second kappa shape index (κ2) is 11.8. The largest absolute Gasteiger partial charge is 0.357 e. The van der Waals surface area contributed by atoms with Crippen LogP contribution in [0.5, 0.6) is 0 Å². The molecular formula is C20H26IN5O2S. The molecule has 0 atom stereocenters. The van der Waals surface area contributed by atoms with E-state index in [4.69, 9.17) is 0 Å². The third-order valence-corrected chi connectivity index (χ3v) is 5.18. The smallest absolute Gasteiger partial charge is 0.254 e. The highest BCUT2D eigenvalue weighted by Gasteiger charge is 2.21. The van der Waals surface area contributed by atoms with E-state index in [0.717, 1.165) is 24.6 Å². The van der Waals surface area contributed by atoms with Crippen LogP contribution in [0.4, 0.5) is 0 Å². The van der Waals surface area contributed by atoms with Crippen molar-refractivity contribution in [3.8, 4) is 0 Å². The van der Waals surface area contributed by atoms with Crippen molar-refractivity contribution in [2.75, 3.05) is 26.2 Å². The Labute approximate surface area is 192 Å². The van der Waals surface area contributed by atoms with Crippen molar-refractivity contribution in [1.29, 1.82) is 0 Å². The number of carbonyl (C=O) groups is 2. The molecule has 9 heteroatoms. The SMILES string of the molecule is CCNC(=NCc1ccc(C(=O)N2CCNC(=O)C2)cc1)NCc1cccs1.I. The third-order valence-electron chi connectivity index (χ3n) is 4.30. The number of piperazine rings is 1. The molecule has 29 heavy (non-hydrogen) atoms. The zero-order chi connectivity index (χ0) is 19.8. The summed E-state index contributed by atoms with van der Waals surface area (Å²) in [6.45, 7) is 5.23. The summed E-state index contributed by atoms with van der Waals surface area (Å²) in [5, 5.41) is 11.3. The summed E-state index contributed by atoms with van der Waals surface area (Å²) < 4.78 is 0. The maximum Gasteiger partial charge on any atom is 0.254 e. The monoisotopic (exact) mass is 527 g/mol. The molecule has 1 aromatic carbocycles. The lowest BCUT2D eigenvalue weighted by atomic mass is 10.1. The molecule has 1 aromatic heterocycles. The molecule has 0 bridgehead atoms. The maximum atomic E-state index is 12.5. The normalized spacial score (nSPS) is 14.0. The Morgan fingerprint density at radius 3 is 2.69 bits per heavy atom. The molecule has 0 aliphatic carbocycles. The van der Waals surface area contributed by atoms with E-state index in [1.54, 1.807) is 28.4 Å². The van der Waals surface area contributed by atoms with Crippen LogP contribution in [0.15, 0.2) is 46.8 Å². The van der Waals surface area contributed by atoms with E-state index in [2.05, 4.69) is 32.4 Å². The van der Waals surface area contributed by atoms with E-state index in [0.29, 0.717) is 25.2 Å². The number of hydrogen-bond acceptors (Lipinski definition) is 4. The predicted molar refractivity (Wildman–Crippen MR) is 127 cm³/mol. The van der Waals surface area contributed by atoms with Crippen LogP contribution in [0.1, 0.15) is 27.7 Å². The lowest BCUT2D eigenvalue weighted by molar-refractivity contribution is -0.123. The number of aliphatic imine (C=N–C) groups is 1. The second-order valence-electron chi connectivity index (χ2n) is 6.40. The average molecular weight is 527 g/mol. The molecule has 2 heterocycles. The number of carbonyl (C=O) groups excluding carboxylic acids is 2. The Bertz CT molecular complexity index is 824. The van der Waals surface area contributed by atoms with Gasteiger partial charge in [-0.3, -0.25) is 9.59 Å². The lowest BCUT2D eigenvalue weighted by Gasteiger charge is -2.26. The maximum absolute atomic E-state index is 12.5. The first-order valence-corrected chi connectivity index (χ1v) is 10.2. The molecule has 1 aliphatic rings. The fourth-order valence-electron chi connectivity index (χ4n) is 2.84. The number of nitrogens with zero attached hydrogens (tertiary/aromatic N) is 2. The van der Waals surface area contributed by atoms with Gasteiger partial charge in [0, 0.05) is 30.1 Å². The van der Waals surface area contributed by atoms with Gasteiger partial charge in [0.15, 0.2) is 5.96 Å². The minimum atomic E-state index is -0.115. The molecule has 2 amide bonds. The molecular weight excluding hydrogens is 501 g/mol. The van der Waals surface area contributed by atoms with Crippen LogP contribution >= 0.6 is 35.3 Å². The minimum absolute atomic E-state index is 0. The van der Waals surface area contributed by atoms with Crippen molar-refractivity contribution >= 4 is 53.1 Å². The van der Waals surface area contributed by atoms with Crippen molar-refractivity contribution in [3.63, 3.8) is 0 Å². The third kappa shape index (κ3) is 7.00. The van der Waals surface area contributed by atoms with Gasteiger partial charge in [0.05, 0.1) is 19.6 Å². The number of amides is 2. The fraction of sp³-hybridized carbons (Fsp3) is 0.350. The highest BCUT2D eigenvalue weighted by molar-refractivity contribution is 14.0. The molecule has 156 valence electrons. The Kier molecular flexibility index (Phi) is 9.39. The first-order valence-electron chi connectivity index (χ1n) is 9.35. The first-order chi connectivity index (χ1) is 13.7.